The van der Waals surface area contributed by atoms with E-state index < -0.39 is 41.3 Å². The van der Waals surface area contributed by atoms with Gasteiger partial charge in [0.2, 0.25) is 0 Å². The first-order valence-corrected chi connectivity index (χ1v) is 11.3. The number of carbonyl (C=O) groups excluding carboxylic acids is 5. The van der Waals surface area contributed by atoms with Crippen LogP contribution in [0, 0.1) is 5.82 Å². The Morgan fingerprint density at radius 3 is 2.49 bits per heavy atom. The fraction of sp³-hybridized carbons (Fsp3) is 0.333. The number of hydrogen-bond donors (Lipinski definition) is 1. The number of nitrogens with one attached hydrogen (secondary N) is 1. The normalized spacial score (nSPS) is 19.2. The highest BCUT2D eigenvalue weighted by Gasteiger charge is 2.41. The Labute approximate surface area is 200 Å². The molecule has 0 bridgehead atoms. The minimum atomic E-state index is -1.60. The summed E-state index contributed by atoms with van der Waals surface area (Å²) in [7, 11) is 0. The predicted octanol–water partition coefficient (Wildman–Crippen LogP) is 0.502. The summed E-state index contributed by atoms with van der Waals surface area (Å²) in [5, 5.41) is 2.53. The molecule has 1 aromatic carbocycles. The minimum Gasteiger partial charge on any atom is -0.350 e. The summed E-state index contributed by atoms with van der Waals surface area (Å²) in [5.74, 6) is -4.44. The molecule has 0 aromatic heterocycles. The second kappa shape index (κ2) is 10.00. The lowest BCUT2D eigenvalue weighted by Gasteiger charge is -2.31. The third kappa shape index (κ3) is 4.88. The Bertz CT molecular complexity index is 1170. The molecule has 1 aromatic rings. The van der Waals surface area contributed by atoms with Crippen molar-refractivity contribution in [1.29, 1.82) is 0 Å². The zero-order chi connectivity index (χ0) is 25.1. The molecule has 0 radical (unpaired) electrons. The van der Waals surface area contributed by atoms with E-state index in [1.807, 2.05) is 0 Å². The number of aliphatic imine (C=N–C) groups is 1. The van der Waals surface area contributed by atoms with E-state index in [0.29, 0.717) is 24.4 Å². The molecule has 4 amide bonds. The van der Waals surface area contributed by atoms with Gasteiger partial charge in [-0.15, -0.1) is 0 Å². The van der Waals surface area contributed by atoms with Crippen LogP contribution in [0.15, 0.2) is 53.3 Å². The monoisotopic (exact) mass is 481 g/mol. The number of halogens is 1. The van der Waals surface area contributed by atoms with Gasteiger partial charge in [-0.3, -0.25) is 28.9 Å². The van der Waals surface area contributed by atoms with Crippen LogP contribution < -0.4 is 5.32 Å². The number of likely N-dealkylation sites (N-methyl/N-ethyl adjacent to an activating group) is 1. The average Bonchev–Trinajstić information content (AvgIpc) is 3.40. The highest BCUT2D eigenvalue weighted by molar-refractivity contribution is 6.47. The van der Waals surface area contributed by atoms with E-state index in [9.17, 15) is 28.4 Å². The van der Waals surface area contributed by atoms with Crippen molar-refractivity contribution in [3.8, 4) is 0 Å². The summed E-state index contributed by atoms with van der Waals surface area (Å²) in [4.78, 5) is 71.1. The van der Waals surface area contributed by atoms with Gasteiger partial charge in [0.25, 0.3) is 11.7 Å². The van der Waals surface area contributed by atoms with Gasteiger partial charge < -0.3 is 15.1 Å². The molecule has 10 nitrogen and oxygen atoms in total. The van der Waals surface area contributed by atoms with Gasteiger partial charge in [-0.2, -0.15) is 0 Å². The molecule has 1 atom stereocenters. The zero-order valence-electron chi connectivity index (χ0n) is 19.1. The Morgan fingerprint density at radius 1 is 1.14 bits per heavy atom. The van der Waals surface area contributed by atoms with E-state index in [0.717, 1.165) is 17.7 Å². The first kappa shape index (κ1) is 24.0. The smallest absolute Gasteiger partial charge is 0.316 e. The molecule has 0 spiro atoms. The number of benzene rings is 1. The maximum atomic E-state index is 13.1. The summed E-state index contributed by atoms with van der Waals surface area (Å²) in [5.41, 5.74) is 0.916. The van der Waals surface area contributed by atoms with Gasteiger partial charge in [0.15, 0.2) is 6.04 Å². The molecule has 1 N–H and O–H groups in total. The molecule has 35 heavy (non-hydrogen) atoms. The van der Waals surface area contributed by atoms with Gasteiger partial charge in [0.1, 0.15) is 11.7 Å². The highest BCUT2D eigenvalue weighted by Crippen LogP contribution is 2.20. The SMILES string of the molecule is CCN(C(=O)C(=O)N1CCCC1)C1=CC2=NC(C(=O)NCc3ccc(F)cc3)C(=O)C(=O)N2C=C1. The molecule has 182 valence electrons. The van der Waals surface area contributed by atoms with E-state index in [-0.39, 0.29) is 18.9 Å². The van der Waals surface area contributed by atoms with E-state index in [2.05, 4.69) is 10.3 Å². The van der Waals surface area contributed by atoms with Gasteiger partial charge in [-0.1, -0.05) is 12.1 Å². The van der Waals surface area contributed by atoms with Crippen molar-refractivity contribution in [3.63, 3.8) is 0 Å². The number of hydrogen-bond acceptors (Lipinski definition) is 6. The van der Waals surface area contributed by atoms with Crippen LogP contribution >= 0.6 is 0 Å². The number of rotatable bonds is 5. The fourth-order valence-corrected chi connectivity index (χ4v) is 4.02. The molecular formula is C24H24FN5O5. The molecule has 1 saturated heterocycles. The Balaban J connectivity index is 1.53. The van der Waals surface area contributed by atoms with Crippen LogP contribution in [-0.2, 0) is 30.5 Å². The molecule has 0 aliphatic carbocycles. The number of amides is 4. The first-order chi connectivity index (χ1) is 16.8. The number of allylic oxidation sites excluding steroid dienone is 1. The van der Waals surface area contributed by atoms with Crippen molar-refractivity contribution < 1.29 is 28.4 Å². The lowest BCUT2D eigenvalue weighted by molar-refractivity contribution is -0.149. The van der Waals surface area contributed by atoms with Crippen LogP contribution in [-0.4, -0.2) is 75.6 Å². The molecule has 3 aliphatic rings. The number of likely N-dealkylation sites (tertiary alicyclic amines) is 1. The molecule has 4 rings (SSSR count). The summed E-state index contributed by atoms with van der Waals surface area (Å²) in [6.45, 7) is 2.98. The van der Waals surface area contributed by atoms with E-state index in [4.69, 9.17) is 0 Å². The van der Waals surface area contributed by atoms with E-state index in [1.165, 1.54) is 52.4 Å². The van der Waals surface area contributed by atoms with E-state index in [1.54, 1.807) is 6.92 Å². The van der Waals surface area contributed by atoms with Crippen LogP contribution in [0.5, 0.6) is 0 Å². The lowest BCUT2D eigenvalue weighted by atomic mass is 10.1. The summed E-state index contributed by atoms with van der Waals surface area (Å²) in [6, 6.07) is 3.85. The van der Waals surface area contributed by atoms with Gasteiger partial charge >= 0.3 is 17.7 Å². The molecule has 1 fully saturated rings. The summed E-state index contributed by atoms with van der Waals surface area (Å²) >= 11 is 0. The molecule has 11 heteroatoms. The number of ketones is 1. The zero-order valence-corrected chi connectivity index (χ0v) is 19.1. The fourth-order valence-electron chi connectivity index (χ4n) is 4.02. The third-order valence-electron chi connectivity index (χ3n) is 5.94. The van der Waals surface area contributed by atoms with Crippen molar-refractivity contribution in [2.24, 2.45) is 4.99 Å². The number of nitrogens with zero attached hydrogens (tertiary/aromatic N) is 4. The second-order valence-electron chi connectivity index (χ2n) is 8.21. The average molecular weight is 481 g/mol. The second-order valence-corrected chi connectivity index (χ2v) is 8.21. The van der Waals surface area contributed by atoms with Gasteiger partial charge in [-0.05, 0) is 43.5 Å². The lowest BCUT2D eigenvalue weighted by Crippen LogP contribution is -2.52. The largest absolute Gasteiger partial charge is 0.350 e. The summed E-state index contributed by atoms with van der Waals surface area (Å²) < 4.78 is 13.1. The topological polar surface area (TPSA) is 119 Å². The molecule has 3 aliphatic heterocycles. The molecule has 3 heterocycles. The van der Waals surface area contributed by atoms with Crippen molar-refractivity contribution in [2.75, 3.05) is 19.6 Å². The molecule has 1 unspecified atom stereocenters. The van der Waals surface area contributed by atoms with Gasteiger partial charge in [0, 0.05) is 44.2 Å². The van der Waals surface area contributed by atoms with E-state index >= 15 is 0 Å². The first-order valence-electron chi connectivity index (χ1n) is 11.3. The predicted molar refractivity (Wildman–Crippen MR) is 122 cm³/mol. The maximum Gasteiger partial charge on any atom is 0.316 e. The van der Waals surface area contributed by atoms with Crippen LogP contribution in [0.25, 0.3) is 0 Å². The summed E-state index contributed by atoms with van der Waals surface area (Å²) in [6.07, 6.45) is 5.82. The van der Waals surface area contributed by atoms with Crippen LogP contribution in [0.1, 0.15) is 25.3 Å². The molecular weight excluding hydrogens is 457 g/mol. The third-order valence-corrected chi connectivity index (χ3v) is 5.94. The Hall–Kier alpha value is -4.15. The van der Waals surface area contributed by atoms with Crippen LogP contribution in [0.4, 0.5) is 4.39 Å². The van der Waals surface area contributed by atoms with Gasteiger partial charge in [0.05, 0.1) is 0 Å². The van der Waals surface area contributed by atoms with Gasteiger partial charge in [-0.25, -0.2) is 9.38 Å². The number of carbonyl (C=O) groups is 5. The minimum absolute atomic E-state index is 0.00824. The Kier molecular flexibility index (Phi) is 6.85. The van der Waals surface area contributed by atoms with Crippen molar-refractivity contribution in [3.05, 3.63) is 59.7 Å². The highest BCUT2D eigenvalue weighted by atomic mass is 19.1. The Morgan fingerprint density at radius 2 is 1.83 bits per heavy atom. The number of amidine groups is 1. The maximum absolute atomic E-state index is 13.1. The number of Topliss-reactive ketones (excluding diaryl/α,β-unsaturated/α-hetero) is 1. The van der Waals surface area contributed by atoms with Crippen molar-refractivity contribution >= 4 is 35.2 Å². The van der Waals surface area contributed by atoms with Crippen molar-refractivity contribution in [2.45, 2.75) is 32.4 Å². The standard InChI is InChI=1S/C24H24FN5O5/c1-2-29(24(35)23(34)28-10-3-4-11-28)17-9-12-30-18(13-17)27-19(20(31)22(30)33)21(32)26-14-15-5-7-16(25)8-6-15/h5-9,12-13,19H,2-4,10-11,14H2,1H3,(H,26,32). The van der Waals surface area contributed by atoms with Crippen molar-refractivity contribution in [1.82, 2.24) is 20.0 Å². The number of fused-ring (bicyclic) bond motifs is 1. The quantitative estimate of drug-likeness (QED) is 0.485. The van der Waals surface area contributed by atoms with Crippen LogP contribution in [0.2, 0.25) is 0 Å². The van der Waals surface area contributed by atoms with Crippen LogP contribution in [0.3, 0.4) is 0 Å². The molecule has 0 saturated carbocycles.